The molecule has 34 heavy (non-hydrogen) atoms. The van der Waals surface area contributed by atoms with Crippen molar-refractivity contribution in [3.8, 4) is 5.75 Å². The second kappa shape index (κ2) is 10.6. The number of carbonyl (C=O) groups is 2. The molecular formula is C24H32FN5O4. The van der Waals surface area contributed by atoms with Gasteiger partial charge in [-0.1, -0.05) is 13.0 Å². The lowest BCUT2D eigenvalue weighted by Crippen LogP contribution is -2.51. The summed E-state index contributed by atoms with van der Waals surface area (Å²) in [6.45, 7) is 3.67. The largest absolute Gasteiger partial charge is 0.490 e. The number of aromatic nitrogens is 3. The molecular weight excluding hydrogens is 441 g/mol. The van der Waals surface area contributed by atoms with Crippen LogP contribution in [0.1, 0.15) is 50.4 Å². The number of rotatable bonds is 12. The van der Waals surface area contributed by atoms with E-state index in [4.69, 9.17) is 4.74 Å². The number of piperazine rings is 1. The maximum atomic E-state index is 14.2. The van der Waals surface area contributed by atoms with Gasteiger partial charge in [0.05, 0.1) is 26.2 Å². The average molecular weight is 474 g/mol. The van der Waals surface area contributed by atoms with Gasteiger partial charge in [0.25, 0.3) is 0 Å². The Labute approximate surface area is 198 Å². The highest BCUT2D eigenvalue weighted by Gasteiger charge is 2.31. The van der Waals surface area contributed by atoms with E-state index < -0.39 is 11.4 Å². The average Bonchev–Trinajstić information content (AvgIpc) is 3.54. The second-order valence-corrected chi connectivity index (χ2v) is 9.26. The maximum absolute atomic E-state index is 14.2. The minimum absolute atomic E-state index is 0.167. The second-order valence-electron chi connectivity index (χ2n) is 9.26. The van der Waals surface area contributed by atoms with E-state index in [1.807, 2.05) is 11.8 Å². The summed E-state index contributed by atoms with van der Waals surface area (Å²) in [7, 11) is 0. The topological polar surface area (TPSA) is 110 Å². The number of nitrogens with zero attached hydrogens (tertiary/aromatic N) is 4. The molecule has 1 atom stereocenters. The Balaban J connectivity index is 1.35. The first-order valence-corrected chi connectivity index (χ1v) is 11.9. The van der Waals surface area contributed by atoms with Crippen LogP contribution in [-0.4, -0.2) is 62.8 Å². The molecule has 2 aliphatic rings. The van der Waals surface area contributed by atoms with Crippen LogP contribution in [0, 0.1) is 11.7 Å². The number of imide groups is 1. The van der Waals surface area contributed by atoms with Crippen LogP contribution in [0.5, 0.6) is 5.75 Å². The van der Waals surface area contributed by atoms with Crippen LogP contribution in [0.3, 0.4) is 0 Å². The minimum Gasteiger partial charge on any atom is -0.490 e. The molecule has 0 unspecified atom stereocenters. The highest BCUT2D eigenvalue weighted by atomic mass is 19.1. The standard InChI is InChI=1S/C24H32FN5O4/c1-2-24(33,18-8-9-19(25)20(11-18)34-14-17-6-7-17)15-30-21(26-16-27-30)5-3-4-10-29-12-22(31)28-23(32)13-29/h8-9,11,16-17,33H,2-7,10,12-15H2,1H3,(H,28,31,32)/t24-/m1/s1. The Bertz CT molecular complexity index is 1010. The molecule has 1 aliphatic heterocycles. The van der Waals surface area contributed by atoms with E-state index in [1.54, 1.807) is 16.8 Å². The zero-order valence-corrected chi connectivity index (χ0v) is 19.5. The van der Waals surface area contributed by atoms with E-state index in [0.29, 0.717) is 37.5 Å². The summed E-state index contributed by atoms with van der Waals surface area (Å²) in [6, 6.07) is 4.52. The third-order valence-corrected chi connectivity index (χ3v) is 6.47. The van der Waals surface area contributed by atoms with Crippen LogP contribution in [0.4, 0.5) is 4.39 Å². The van der Waals surface area contributed by atoms with Gasteiger partial charge in [-0.25, -0.2) is 14.1 Å². The number of carbonyl (C=O) groups excluding carboxylic acids is 2. The Morgan fingerprint density at radius 3 is 2.71 bits per heavy atom. The summed E-state index contributed by atoms with van der Waals surface area (Å²) < 4.78 is 21.6. The van der Waals surface area contributed by atoms with Gasteiger partial charge in [0.2, 0.25) is 11.8 Å². The van der Waals surface area contributed by atoms with Crippen molar-refractivity contribution < 1.29 is 23.8 Å². The van der Waals surface area contributed by atoms with E-state index in [0.717, 1.165) is 31.5 Å². The molecule has 2 N–H and O–H groups in total. The molecule has 0 bridgehead atoms. The number of aliphatic hydroxyl groups is 1. The number of halogens is 1. The predicted molar refractivity (Wildman–Crippen MR) is 121 cm³/mol. The van der Waals surface area contributed by atoms with E-state index in [-0.39, 0.29) is 37.2 Å². The van der Waals surface area contributed by atoms with Gasteiger partial charge in [-0.2, -0.15) is 5.10 Å². The van der Waals surface area contributed by atoms with Crippen molar-refractivity contribution in [3.05, 3.63) is 41.7 Å². The van der Waals surface area contributed by atoms with Crippen molar-refractivity contribution in [2.24, 2.45) is 5.92 Å². The predicted octanol–water partition coefficient (Wildman–Crippen LogP) is 1.78. The van der Waals surface area contributed by atoms with Crippen LogP contribution in [0.2, 0.25) is 0 Å². The summed E-state index contributed by atoms with van der Waals surface area (Å²) in [5.74, 6) is 0.440. The molecule has 2 heterocycles. The van der Waals surface area contributed by atoms with Gasteiger partial charge in [0.15, 0.2) is 11.6 Å². The monoisotopic (exact) mass is 473 g/mol. The third-order valence-electron chi connectivity index (χ3n) is 6.47. The Kier molecular flexibility index (Phi) is 7.57. The quantitative estimate of drug-likeness (QED) is 0.357. The number of nitrogens with one attached hydrogen (secondary N) is 1. The van der Waals surface area contributed by atoms with E-state index >= 15 is 0 Å². The molecule has 2 amide bonds. The van der Waals surface area contributed by atoms with Gasteiger partial charge in [-0.15, -0.1) is 0 Å². The molecule has 2 aromatic rings. The van der Waals surface area contributed by atoms with Gasteiger partial charge in [-0.05, 0) is 62.3 Å². The van der Waals surface area contributed by atoms with Crippen molar-refractivity contribution in [3.63, 3.8) is 0 Å². The summed E-state index contributed by atoms with van der Waals surface area (Å²) in [5, 5.41) is 18.0. The molecule has 1 saturated carbocycles. The number of unbranched alkanes of at least 4 members (excludes halogenated alkanes) is 1. The summed E-state index contributed by atoms with van der Waals surface area (Å²) >= 11 is 0. The SMILES string of the molecule is CC[C@@](O)(Cn1ncnc1CCCCN1CC(=O)NC(=O)C1)c1ccc(F)c(OCC2CC2)c1. The summed E-state index contributed by atoms with van der Waals surface area (Å²) in [4.78, 5) is 29.2. The van der Waals surface area contributed by atoms with E-state index in [2.05, 4.69) is 15.4 Å². The van der Waals surface area contributed by atoms with Crippen molar-refractivity contribution >= 4 is 11.8 Å². The molecule has 10 heteroatoms. The Morgan fingerprint density at radius 2 is 2.00 bits per heavy atom. The maximum Gasteiger partial charge on any atom is 0.240 e. The molecule has 184 valence electrons. The molecule has 1 aromatic carbocycles. The lowest BCUT2D eigenvalue weighted by atomic mass is 9.90. The van der Waals surface area contributed by atoms with Gasteiger partial charge in [-0.3, -0.25) is 19.8 Å². The van der Waals surface area contributed by atoms with E-state index in [1.165, 1.54) is 12.4 Å². The number of hydrogen-bond donors (Lipinski definition) is 2. The first-order valence-electron chi connectivity index (χ1n) is 11.9. The highest BCUT2D eigenvalue weighted by Crippen LogP contribution is 2.33. The third kappa shape index (κ3) is 6.18. The van der Waals surface area contributed by atoms with Crippen LogP contribution >= 0.6 is 0 Å². The molecule has 2 fully saturated rings. The lowest BCUT2D eigenvalue weighted by Gasteiger charge is -2.28. The lowest BCUT2D eigenvalue weighted by molar-refractivity contribution is -0.136. The number of ether oxygens (including phenoxy) is 1. The Hall–Kier alpha value is -2.85. The first-order chi connectivity index (χ1) is 16.4. The highest BCUT2D eigenvalue weighted by molar-refractivity contribution is 5.99. The molecule has 0 spiro atoms. The first kappa shape index (κ1) is 24.3. The number of benzene rings is 1. The number of aryl methyl sites for hydroxylation is 1. The molecule has 1 aromatic heterocycles. The van der Waals surface area contributed by atoms with Gasteiger partial charge < -0.3 is 9.84 Å². The number of hydrogen-bond acceptors (Lipinski definition) is 7. The zero-order chi connectivity index (χ0) is 24.1. The molecule has 1 aliphatic carbocycles. The summed E-state index contributed by atoms with van der Waals surface area (Å²) in [6.07, 6.45) is 6.34. The molecule has 1 saturated heterocycles. The van der Waals surface area contributed by atoms with Crippen LogP contribution < -0.4 is 10.1 Å². The van der Waals surface area contributed by atoms with Crippen LogP contribution in [0.25, 0.3) is 0 Å². The van der Waals surface area contributed by atoms with Crippen molar-refractivity contribution in [2.75, 3.05) is 26.2 Å². The minimum atomic E-state index is -1.25. The Morgan fingerprint density at radius 1 is 1.24 bits per heavy atom. The van der Waals surface area contributed by atoms with Gasteiger partial charge in [0, 0.05) is 6.42 Å². The fourth-order valence-electron chi connectivity index (χ4n) is 4.14. The van der Waals surface area contributed by atoms with Gasteiger partial charge >= 0.3 is 0 Å². The van der Waals surface area contributed by atoms with Crippen molar-refractivity contribution in [1.29, 1.82) is 0 Å². The van der Waals surface area contributed by atoms with Crippen LogP contribution in [0.15, 0.2) is 24.5 Å². The molecule has 0 radical (unpaired) electrons. The fourth-order valence-corrected chi connectivity index (χ4v) is 4.14. The molecule has 9 nitrogen and oxygen atoms in total. The van der Waals surface area contributed by atoms with E-state index in [9.17, 15) is 19.1 Å². The number of amides is 2. The fraction of sp³-hybridized carbons (Fsp3) is 0.583. The molecule has 4 rings (SSSR count). The van der Waals surface area contributed by atoms with Crippen LogP contribution in [-0.2, 0) is 28.2 Å². The van der Waals surface area contributed by atoms with Crippen molar-refractivity contribution in [2.45, 2.75) is 57.6 Å². The normalized spacial score (nSPS) is 18.6. The van der Waals surface area contributed by atoms with Crippen molar-refractivity contribution in [1.82, 2.24) is 25.0 Å². The summed E-state index contributed by atoms with van der Waals surface area (Å²) in [5.41, 5.74) is -0.674. The smallest absolute Gasteiger partial charge is 0.240 e. The zero-order valence-electron chi connectivity index (χ0n) is 19.5. The van der Waals surface area contributed by atoms with Gasteiger partial charge in [0.1, 0.15) is 17.8 Å².